The normalized spacial score (nSPS) is 16.3. The number of fused-ring (bicyclic) bond motifs is 2. The number of carbonyl (C=O) groups excluding carboxylic acids is 1. The lowest BCUT2D eigenvalue weighted by Gasteiger charge is -2.34. The Labute approximate surface area is 193 Å². The van der Waals surface area contributed by atoms with E-state index in [1.807, 2.05) is 40.0 Å². The SMILES string of the molecule is O=C(c1nn(-c2ccccc2)c2c1CCC2)N1CCN(Cc2cccc3cccnc23)CC1. The lowest BCUT2D eigenvalue weighted by Crippen LogP contribution is -2.48. The first-order chi connectivity index (χ1) is 16.3. The third-order valence-electron chi connectivity index (χ3n) is 6.90. The van der Waals surface area contributed by atoms with E-state index in [2.05, 4.69) is 46.3 Å². The van der Waals surface area contributed by atoms with Gasteiger partial charge in [-0.2, -0.15) is 5.10 Å². The summed E-state index contributed by atoms with van der Waals surface area (Å²) < 4.78 is 1.99. The van der Waals surface area contributed by atoms with E-state index in [4.69, 9.17) is 5.10 Å². The highest BCUT2D eigenvalue weighted by atomic mass is 16.2. The van der Waals surface area contributed by atoms with Crippen molar-refractivity contribution in [3.05, 3.63) is 89.4 Å². The summed E-state index contributed by atoms with van der Waals surface area (Å²) in [6, 6.07) is 20.6. The lowest BCUT2D eigenvalue weighted by atomic mass is 10.1. The van der Waals surface area contributed by atoms with Crippen molar-refractivity contribution in [2.75, 3.05) is 26.2 Å². The molecule has 2 aromatic carbocycles. The molecule has 1 saturated heterocycles. The number of rotatable bonds is 4. The van der Waals surface area contributed by atoms with Gasteiger partial charge in [-0.15, -0.1) is 0 Å². The number of aromatic nitrogens is 3. The van der Waals surface area contributed by atoms with E-state index >= 15 is 0 Å². The second-order valence-corrected chi connectivity index (χ2v) is 8.94. The predicted molar refractivity (Wildman–Crippen MR) is 129 cm³/mol. The van der Waals surface area contributed by atoms with E-state index in [1.54, 1.807) is 0 Å². The summed E-state index contributed by atoms with van der Waals surface area (Å²) in [5.74, 6) is 0.0781. The first kappa shape index (κ1) is 20.1. The van der Waals surface area contributed by atoms with Crippen molar-refractivity contribution >= 4 is 16.8 Å². The van der Waals surface area contributed by atoms with E-state index in [1.165, 1.54) is 16.6 Å². The summed E-state index contributed by atoms with van der Waals surface area (Å²) in [5, 5.41) is 5.97. The van der Waals surface area contributed by atoms with Crippen molar-refractivity contribution in [2.24, 2.45) is 0 Å². The zero-order chi connectivity index (χ0) is 22.2. The second-order valence-electron chi connectivity index (χ2n) is 8.94. The van der Waals surface area contributed by atoms with Crippen molar-refractivity contribution in [1.29, 1.82) is 0 Å². The number of hydrogen-bond donors (Lipinski definition) is 0. The van der Waals surface area contributed by atoms with Crippen LogP contribution in [0.3, 0.4) is 0 Å². The molecule has 6 heteroatoms. The summed E-state index contributed by atoms with van der Waals surface area (Å²) in [6.07, 6.45) is 4.87. The molecule has 4 aromatic rings. The van der Waals surface area contributed by atoms with Crippen molar-refractivity contribution in [3.8, 4) is 5.69 Å². The highest BCUT2D eigenvalue weighted by Gasteiger charge is 2.31. The summed E-state index contributed by atoms with van der Waals surface area (Å²) in [6.45, 7) is 4.02. The molecule has 3 heterocycles. The average molecular weight is 438 g/mol. The quantitative estimate of drug-likeness (QED) is 0.486. The molecule has 33 heavy (non-hydrogen) atoms. The number of hydrogen-bond acceptors (Lipinski definition) is 4. The Morgan fingerprint density at radius 1 is 0.879 bits per heavy atom. The van der Waals surface area contributed by atoms with E-state index in [-0.39, 0.29) is 5.91 Å². The fourth-order valence-corrected chi connectivity index (χ4v) is 5.19. The molecular formula is C27H27N5O. The van der Waals surface area contributed by atoms with Crippen LogP contribution in [0.4, 0.5) is 0 Å². The minimum absolute atomic E-state index is 0.0781. The van der Waals surface area contributed by atoms with Gasteiger partial charge in [-0.05, 0) is 43.0 Å². The van der Waals surface area contributed by atoms with E-state index in [0.717, 1.165) is 68.8 Å². The first-order valence-electron chi connectivity index (χ1n) is 11.8. The van der Waals surface area contributed by atoms with Crippen LogP contribution in [0.1, 0.15) is 33.7 Å². The average Bonchev–Trinajstić information content (AvgIpc) is 3.48. The fraction of sp³-hybridized carbons (Fsp3) is 0.296. The number of para-hydroxylation sites is 2. The van der Waals surface area contributed by atoms with Gasteiger partial charge in [0.15, 0.2) is 5.69 Å². The molecule has 166 valence electrons. The van der Waals surface area contributed by atoms with Crippen LogP contribution in [0, 0.1) is 0 Å². The molecule has 6 nitrogen and oxygen atoms in total. The molecular weight excluding hydrogens is 410 g/mol. The second kappa shape index (κ2) is 8.45. The highest BCUT2D eigenvalue weighted by Crippen LogP contribution is 2.29. The summed E-state index contributed by atoms with van der Waals surface area (Å²) in [4.78, 5) is 22.5. The maximum absolute atomic E-state index is 13.5. The molecule has 2 aromatic heterocycles. The number of carbonyl (C=O) groups is 1. The van der Waals surface area contributed by atoms with E-state index in [0.29, 0.717) is 5.69 Å². The van der Waals surface area contributed by atoms with Crippen LogP contribution in [0.15, 0.2) is 66.9 Å². The molecule has 0 N–H and O–H groups in total. The maximum atomic E-state index is 13.5. The van der Waals surface area contributed by atoms with Crippen LogP contribution >= 0.6 is 0 Å². The van der Waals surface area contributed by atoms with Crippen molar-refractivity contribution in [2.45, 2.75) is 25.8 Å². The van der Waals surface area contributed by atoms with Crippen LogP contribution in [-0.2, 0) is 19.4 Å². The minimum Gasteiger partial charge on any atom is -0.335 e. The Kier molecular flexibility index (Phi) is 5.15. The van der Waals surface area contributed by atoms with Gasteiger partial charge in [0, 0.05) is 55.6 Å². The van der Waals surface area contributed by atoms with Crippen LogP contribution in [0.25, 0.3) is 16.6 Å². The zero-order valence-electron chi connectivity index (χ0n) is 18.7. The topological polar surface area (TPSA) is 54.3 Å². The zero-order valence-corrected chi connectivity index (χ0v) is 18.7. The monoisotopic (exact) mass is 437 g/mol. The standard InChI is InChI=1S/C27H27N5O/c33-27(26-23-12-5-13-24(23)32(29-26)22-10-2-1-3-11-22)31-17-15-30(16-18-31)19-21-8-4-7-20-9-6-14-28-25(20)21/h1-4,6-11,14H,5,12-13,15-19H2. The molecule has 0 bridgehead atoms. The van der Waals surface area contributed by atoms with E-state index < -0.39 is 0 Å². The molecule has 0 radical (unpaired) electrons. The van der Waals surface area contributed by atoms with Crippen molar-refractivity contribution in [3.63, 3.8) is 0 Å². The lowest BCUT2D eigenvalue weighted by molar-refractivity contribution is 0.0621. The molecule has 1 amide bonds. The molecule has 1 aliphatic heterocycles. The van der Waals surface area contributed by atoms with Gasteiger partial charge in [0.1, 0.15) is 0 Å². The molecule has 1 aliphatic carbocycles. The van der Waals surface area contributed by atoms with Crippen molar-refractivity contribution in [1.82, 2.24) is 24.6 Å². The smallest absolute Gasteiger partial charge is 0.274 e. The Hall–Kier alpha value is -3.51. The third-order valence-corrected chi connectivity index (χ3v) is 6.90. The molecule has 0 unspecified atom stereocenters. The van der Waals surface area contributed by atoms with Crippen molar-refractivity contribution < 1.29 is 4.79 Å². The number of piperazine rings is 1. The summed E-state index contributed by atoms with van der Waals surface area (Å²) >= 11 is 0. The van der Waals surface area contributed by atoms with Crippen LogP contribution < -0.4 is 0 Å². The van der Waals surface area contributed by atoms with Crippen LogP contribution in [0.2, 0.25) is 0 Å². The minimum atomic E-state index is 0.0781. The fourth-order valence-electron chi connectivity index (χ4n) is 5.19. The maximum Gasteiger partial charge on any atom is 0.274 e. The van der Waals surface area contributed by atoms with Gasteiger partial charge in [0.2, 0.25) is 0 Å². The van der Waals surface area contributed by atoms with Gasteiger partial charge in [0.25, 0.3) is 5.91 Å². The van der Waals surface area contributed by atoms with Gasteiger partial charge in [-0.1, -0.05) is 42.5 Å². The third kappa shape index (κ3) is 3.70. The van der Waals surface area contributed by atoms with Gasteiger partial charge < -0.3 is 4.90 Å². The molecule has 1 fully saturated rings. The summed E-state index contributed by atoms with van der Waals surface area (Å²) in [5.41, 5.74) is 6.34. The Morgan fingerprint density at radius 2 is 1.70 bits per heavy atom. The van der Waals surface area contributed by atoms with Crippen LogP contribution in [0.5, 0.6) is 0 Å². The van der Waals surface area contributed by atoms with Gasteiger partial charge in [-0.3, -0.25) is 14.7 Å². The van der Waals surface area contributed by atoms with E-state index in [9.17, 15) is 4.79 Å². The predicted octanol–water partition coefficient (Wildman–Crippen LogP) is 3.87. The molecule has 6 rings (SSSR count). The first-order valence-corrected chi connectivity index (χ1v) is 11.8. The molecule has 0 saturated carbocycles. The number of pyridine rings is 1. The van der Waals surface area contributed by atoms with Crippen LogP contribution in [-0.4, -0.2) is 56.7 Å². The Morgan fingerprint density at radius 3 is 2.55 bits per heavy atom. The molecule has 0 atom stereocenters. The number of benzene rings is 2. The number of nitrogens with zero attached hydrogens (tertiary/aromatic N) is 5. The van der Waals surface area contributed by atoms with Gasteiger partial charge >= 0.3 is 0 Å². The van der Waals surface area contributed by atoms with Gasteiger partial charge in [0.05, 0.1) is 11.2 Å². The Balaban J connectivity index is 1.17. The Bertz CT molecular complexity index is 1300. The largest absolute Gasteiger partial charge is 0.335 e. The highest BCUT2D eigenvalue weighted by molar-refractivity contribution is 5.94. The molecule has 2 aliphatic rings. The van der Waals surface area contributed by atoms with Gasteiger partial charge in [-0.25, -0.2) is 4.68 Å². The molecule has 0 spiro atoms. The number of amides is 1. The summed E-state index contributed by atoms with van der Waals surface area (Å²) in [7, 11) is 0.